The van der Waals surface area contributed by atoms with Crippen molar-refractivity contribution in [2.45, 2.75) is 40.0 Å². The van der Waals surface area contributed by atoms with Crippen molar-refractivity contribution in [1.29, 1.82) is 0 Å². The summed E-state index contributed by atoms with van der Waals surface area (Å²) in [4.78, 5) is 0. The van der Waals surface area contributed by atoms with Crippen LogP contribution in [0.25, 0.3) is 0 Å². The zero-order valence-corrected chi connectivity index (χ0v) is 11.3. The summed E-state index contributed by atoms with van der Waals surface area (Å²) in [5.74, 6) is 2.18. The molecule has 0 spiro atoms. The summed E-state index contributed by atoms with van der Waals surface area (Å²) in [6.07, 6.45) is 5.82. The molecule has 0 heterocycles. The minimum Gasteiger partial charge on any atom is -0.396 e. The molecular weight excluding hydrogens is 212 g/mol. The van der Waals surface area contributed by atoms with Crippen LogP contribution in [0.4, 0.5) is 0 Å². The minimum atomic E-state index is 0.113. The molecule has 17 heavy (non-hydrogen) atoms. The quantitative estimate of drug-likeness (QED) is 0.726. The lowest BCUT2D eigenvalue weighted by atomic mass is 9.81. The first kappa shape index (κ1) is 13.1. The lowest BCUT2D eigenvalue weighted by Crippen LogP contribution is -2.18. The summed E-state index contributed by atoms with van der Waals surface area (Å²) in [6.45, 7) is 7.31. The van der Waals surface area contributed by atoms with Crippen LogP contribution in [0.1, 0.15) is 40.0 Å². The largest absolute Gasteiger partial charge is 0.396 e. The van der Waals surface area contributed by atoms with E-state index in [0.717, 1.165) is 17.9 Å². The number of aliphatic hydroxyl groups excluding tert-OH is 2. The van der Waals surface area contributed by atoms with Gasteiger partial charge in [0.1, 0.15) is 0 Å². The minimum absolute atomic E-state index is 0.113. The van der Waals surface area contributed by atoms with Gasteiger partial charge in [0.2, 0.25) is 0 Å². The highest BCUT2D eigenvalue weighted by Gasteiger charge is 2.42. The Morgan fingerprint density at radius 3 is 2.59 bits per heavy atom. The van der Waals surface area contributed by atoms with Crippen molar-refractivity contribution >= 4 is 0 Å². The van der Waals surface area contributed by atoms with Crippen LogP contribution in [0.5, 0.6) is 0 Å². The monoisotopic (exact) mass is 238 g/mol. The number of aliphatic hydroxyl groups is 2. The lowest BCUT2D eigenvalue weighted by Gasteiger charge is -2.24. The molecule has 0 bridgehead atoms. The van der Waals surface area contributed by atoms with Gasteiger partial charge in [0.05, 0.1) is 6.61 Å². The van der Waals surface area contributed by atoms with Gasteiger partial charge in [-0.2, -0.15) is 0 Å². The van der Waals surface area contributed by atoms with E-state index in [1.807, 2.05) is 0 Å². The maximum absolute atomic E-state index is 9.47. The van der Waals surface area contributed by atoms with Gasteiger partial charge in [0, 0.05) is 12.5 Å². The maximum Gasteiger partial charge on any atom is 0.0645 e. The van der Waals surface area contributed by atoms with Crippen molar-refractivity contribution < 1.29 is 10.2 Å². The standard InChI is InChI=1S/C15H26O2/c1-10-4-12(8-16)13(9-17)5-11-6-15(2,3)7-14(10)11/h5,10-12,14,16-17H,4,6-9H2,1-3H3. The van der Waals surface area contributed by atoms with Gasteiger partial charge in [-0.15, -0.1) is 0 Å². The highest BCUT2D eigenvalue weighted by molar-refractivity contribution is 5.15. The Hall–Kier alpha value is -0.340. The van der Waals surface area contributed by atoms with E-state index in [9.17, 15) is 10.2 Å². The second kappa shape index (κ2) is 4.74. The molecule has 2 N–H and O–H groups in total. The van der Waals surface area contributed by atoms with Gasteiger partial charge in [0.15, 0.2) is 0 Å². The molecule has 1 fully saturated rings. The van der Waals surface area contributed by atoms with Gasteiger partial charge in [-0.1, -0.05) is 26.8 Å². The number of allylic oxidation sites excluding steroid dienone is 1. The van der Waals surface area contributed by atoms with Crippen LogP contribution in [0.2, 0.25) is 0 Å². The number of fused-ring (bicyclic) bond motifs is 1. The van der Waals surface area contributed by atoms with E-state index in [4.69, 9.17) is 0 Å². The highest BCUT2D eigenvalue weighted by atomic mass is 16.3. The van der Waals surface area contributed by atoms with Gasteiger partial charge in [-0.3, -0.25) is 0 Å². The Kier molecular flexibility index (Phi) is 3.65. The van der Waals surface area contributed by atoms with Crippen LogP contribution in [0.15, 0.2) is 11.6 Å². The average molecular weight is 238 g/mol. The van der Waals surface area contributed by atoms with E-state index < -0.39 is 0 Å². The molecule has 4 atom stereocenters. The molecule has 0 aliphatic heterocycles. The fraction of sp³-hybridized carbons (Fsp3) is 0.867. The third-order valence-electron chi connectivity index (χ3n) is 4.87. The van der Waals surface area contributed by atoms with E-state index in [0.29, 0.717) is 17.3 Å². The molecule has 0 saturated heterocycles. The highest BCUT2D eigenvalue weighted by Crippen LogP contribution is 2.51. The molecule has 2 aliphatic carbocycles. The van der Waals surface area contributed by atoms with Crippen LogP contribution in [-0.4, -0.2) is 23.4 Å². The SMILES string of the molecule is CC1CC(CO)C(CO)=CC2CC(C)(C)CC12. The third-order valence-corrected chi connectivity index (χ3v) is 4.87. The Morgan fingerprint density at radius 2 is 2.00 bits per heavy atom. The topological polar surface area (TPSA) is 40.5 Å². The van der Waals surface area contributed by atoms with Gasteiger partial charge in [0.25, 0.3) is 0 Å². The zero-order chi connectivity index (χ0) is 12.6. The number of hydrogen-bond acceptors (Lipinski definition) is 2. The van der Waals surface area contributed by atoms with Crippen molar-refractivity contribution in [3.8, 4) is 0 Å². The normalized spacial score (nSPS) is 40.6. The molecular formula is C15H26O2. The number of hydrogen-bond donors (Lipinski definition) is 2. The predicted molar refractivity (Wildman–Crippen MR) is 69.5 cm³/mol. The van der Waals surface area contributed by atoms with Gasteiger partial charge >= 0.3 is 0 Å². The average Bonchev–Trinajstić information content (AvgIpc) is 2.52. The fourth-order valence-corrected chi connectivity index (χ4v) is 4.03. The van der Waals surface area contributed by atoms with Crippen LogP contribution >= 0.6 is 0 Å². The molecule has 2 nitrogen and oxygen atoms in total. The molecule has 98 valence electrons. The van der Waals surface area contributed by atoms with Crippen molar-refractivity contribution in [3.05, 3.63) is 11.6 Å². The van der Waals surface area contributed by atoms with Crippen molar-refractivity contribution in [1.82, 2.24) is 0 Å². The van der Waals surface area contributed by atoms with E-state index >= 15 is 0 Å². The molecule has 0 amide bonds. The van der Waals surface area contributed by atoms with E-state index in [-0.39, 0.29) is 19.1 Å². The van der Waals surface area contributed by atoms with E-state index in [1.54, 1.807) is 0 Å². The second-order valence-electron chi connectivity index (χ2n) is 6.89. The lowest BCUT2D eigenvalue weighted by molar-refractivity contribution is 0.191. The Bertz CT molecular complexity index is 306. The van der Waals surface area contributed by atoms with Crippen molar-refractivity contribution in [3.63, 3.8) is 0 Å². The van der Waals surface area contributed by atoms with Crippen LogP contribution in [0, 0.1) is 29.1 Å². The molecule has 1 saturated carbocycles. The molecule has 0 aromatic carbocycles. The molecule has 2 aliphatic rings. The summed E-state index contributed by atoms with van der Waals surface area (Å²) in [5.41, 5.74) is 1.51. The summed E-state index contributed by atoms with van der Waals surface area (Å²) >= 11 is 0. The molecule has 2 rings (SSSR count). The van der Waals surface area contributed by atoms with Gasteiger partial charge in [-0.25, -0.2) is 0 Å². The summed E-state index contributed by atoms with van der Waals surface area (Å²) in [7, 11) is 0. The number of rotatable bonds is 2. The molecule has 0 aromatic rings. The Balaban J connectivity index is 2.25. The van der Waals surface area contributed by atoms with Gasteiger partial charge < -0.3 is 10.2 Å². The first-order chi connectivity index (χ1) is 7.96. The molecule has 2 heteroatoms. The van der Waals surface area contributed by atoms with Crippen LogP contribution < -0.4 is 0 Å². The summed E-state index contributed by atoms with van der Waals surface area (Å²) < 4.78 is 0. The fourth-order valence-electron chi connectivity index (χ4n) is 4.03. The predicted octanol–water partition coefficient (Wildman–Crippen LogP) is 2.61. The van der Waals surface area contributed by atoms with Crippen LogP contribution in [-0.2, 0) is 0 Å². The zero-order valence-electron chi connectivity index (χ0n) is 11.3. The van der Waals surface area contributed by atoms with E-state index in [2.05, 4.69) is 26.8 Å². The summed E-state index contributed by atoms with van der Waals surface area (Å²) in [5, 5.41) is 18.9. The Morgan fingerprint density at radius 1 is 1.29 bits per heavy atom. The first-order valence-corrected chi connectivity index (χ1v) is 6.89. The summed E-state index contributed by atoms with van der Waals surface area (Å²) in [6, 6.07) is 0. The second-order valence-corrected chi connectivity index (χ2v) is 6.89. The van der Waals surface area contributed by atoms with E-state index in [1.165, 1.54) is 12.8 Å². The molecule has 0 radical (unpaired) electrons. The van der Waals surface area contributed by atoms with Crippen molar-refractivity contribution in [2.24, 2.45) is 29.1 Å². The molecule has 4 unspecified atom stereocenters. The van der Waals surface area contributed by atoms with Crippen molar-refractivity contribution in [2.75, 3.05) is 13.2 Å². The van der Waals surface area contributed by atoms with Gasteiger partial charge in [-0.05, 0) is 48.0 Å². The maximum atomic E-state index is 9.47. The smallest absolute Gasteiger partial charge is 0.0645 e. The third kappa shape index (κ3) is 2.58. The Labute approximate surface area is 105 Å². The van der Waals surface area contributed by atoms with Crippen LogP contribution in [0.3, 0.4) is 0 Å². The first-order valence-electron chi connectivity index (χ1n) is 6.89. The molecule has 0 aromatic heterocycles.